The third-order valence-corrected chi connectivity index (χ3v) is 10.6. The maximum Gasteiger partial charge on any atom is 0.306 e. The summed E-state index contributed by atoms with van der Waals surface area (Å²) in [6, 6.07) is -0.731. The fourth-order valence-corrected chi connectivity index (χ4v) is 6.88. The Morgan fingerprint density at radius 1 is 0.517 bits per heavy atom. The molecule has 0 aliphatic heterocycles. The van der Waals surface area contributed by atoms with Gasteiger partial charge in [-0.25, -0.2) is 0 Å². The summed E-state index contributed by atoms with van der Waals surface area (Å²) in [6.07, 6.45) is 52.4. The van der Waals surface area contributed by atoms with Crippen molar-refractivity contribution in [2.45, 2.75) is 212 Å². The molecule has 8 heteroatoms. The van der Waals surface area contributed by atoms with Crippen LogP contribution in [-0.2, 0) is 28.6 Å². The van der Waals surface area contributed by atoms with Gasteiger partial charge in [0.15, 0.2) is 6.10 Å². The molecule has 0 heterocycles. The molecule has 0 fully saturated rings. The summed E-state index contributed by atoms with van der Waals surface area (Å²) in [7, 11) is 5.40. The minimum atomic E-state index is -1.13. The summed E-state index contributed by atoms with van der Waals surface area (Å²) in [5.74, 6) is -1.76. The average molecular weight is 842 g/mol. The lowest BCUT2D eigenvalue weighted by Crippen LogP contribution is -2.55. The molecule has 0 aliphatic rings. The van der Waals surface area contributed by atoms with Crippen LogP contribution in [0.5, 0.6) is 0 Å². The normalized spacial score (nSPS) is 13.4. The van der Waals surface area contributed by atoms with Crippen LogP contribution in [-0.4, -0.2) is 75.5 Å². The lowest BCUT2D eigenvalue weighted by molar-refractivity contribution is -0.889. The van der Waals surface area contributed by atoms with Crippen LogP contribution in [0.25, 0.3) is 0 Å². The quantitative estimate of drug-likeness (QED) is 0.0261. The molecule has 0 aliphatic carbocycles. The molecule has 0 amide bonds. The van der Waals surface area contributed by atoms with Gasteiger partial charge in [0.2, 0.25) is 0 Å². The molecule has 0 radical (unpaired) electrons. The number of quaternary nitrogens is 1. The lowest BCUT2D eigenvalue weighted by Gasteiger charge is -2.34. The number of carboxylic acids is 1. The Morgan fingerprint density at radius 2 is 0.933 bits per heavy atom. The number of carbonyl (C=O) groups excluding carboxylic acids is 3. The van der Waals surface area contributed by atoms with Crippen LogP contribution in [0.3, 0.4) is 0 Å². The zero-order valence-electron chi connectivity index (χ0n) is 39.4. The van der Waals surface area contributed by atoms with Gasteiger partial charge in [0.05, 0.1) is 40.3 Å². The first kappa shape index (κ1) is 57.0. The SMILES string of the molecule is CC/C=C/C/C=C/C/C=C/C/C=C/CCCCCCCCCC(=O)OC(COCCC(C(=O)[O-])[N+](C)(C)C)COC(=O)CCCCCCC/C=C/CCCCCCCCC. The standard InChI is InChI=1S/C52H91NO7/c1-6-8-10-12-14-16-18-20-22-24-25-26-27-29-31-33-35-37-39-41-43-51(55)60-48(46-58-45-44-49(52(56)57)53(3,4)5)47-59-50(54)42-40-38-36-34-32-30-28-23-21-19-17-15-13-11-9-7-2/h8,10,14,16,20,22-23,25-26,28,48-49H,6-7,9,11-13,15,17-19,21,24,27,29-47H2,1-5H3/b10-8+,16-14+,22-20+,26-25+,28-23+. The molecular weight excluding hydrogens is 751 g/mol. The lowest BCUT2D eigenvalue weighted by atomic mass is 10.1. The Labute approximate surface area is 368 Å². The second-order valence-corrected chi connectivity index (χ2v) is 17.3. The Balaban J connectivity index is 4.32. The van der Waals surface area contributed by atoms with Gasteiger partial charge in [0.1, 0.15) is 12.6 Å². The summed E-state index contributed by atoms with van der Waals surface area (Å²) in [5, 5.41) is 11.6. The monoisotopic (exact) mass is 842 g/mol. The zero-order valence-corrected chi connectivity index (χ0v) is 39.4. The van der Waals surface area contributed by atoms with Crippen LogP contribution in [0.15, 0.2) is 60.8 Å². The van der Waals surface area contributed by atoms with Crippen LogP contribution >= 0.6 is 0 Å². The first-order valence-electron chi connectivity index (χ1n) is 24.3. The first-order chi connectivity index (χ1) is 29.1. The molecule has 8 nitrogen and oxygen atoms in total. The average Bonchev–Trinajstić information content (AvgIpc) is 3.21. The van der Waals surface area contributed by atoms with E-state index >= 15 is 0 Å². The van der Waals surface area contributed by atoms with Crippen LogP contribution in [0, 0.1) is 0 Å². The van der Waals surface area contributed by atoms with Gasteiger partial charge in [-0.2, -0.15) is 0 Å². The Hall–Kier alpha value is -2.97. The summed E-state index contributed by atoms with van der Waals surface area (Å²) in [4.78, 5) is 37.0. The molecule has 0 aromatic rings. The highest BCUT2D eigenvalue weighted by Gasteiger charge is 2.25. The number of likely N-dealkylation sites (N-methyl/N-ethyl adjacent to an activating group) is 1. The smallest absolute Gasteiger partial charge is 0.306 e. The largest absolute Gasteiger partial charge is 0.544 e. The third-order valence-electron chi connectivity index (χ3n) is 10.6. The van der Waals surface area contributed by atoms with Gasteiger partial charge < -0.3 is 28.6 Å². The minimum absolute atomic E-state index is 0.0321. The summed E-state index contributed by atoms with van der Waals surface area (Å²) in [6.45, 7) is 4.53. The van der Waals surface area contributed by atoms with Crippen molar-refractivity contribution in [3.8, 4) is 0 Å². The number of rotatable bonds is 43. The van der Waals surface area contributed by atoms with Crippen molar-refractivity contribution in [2.75, 3.05) is 41.0 Å². The molecular formula is C52H91NO7. The Kier molecular flexibility index (Phi) is 40.6. The van der Waals surface area contributed by atoms with E-state index in [1.807, 2.05) is 0 Å². The predicted octanol–water partition coefficient (Wildman–Crippen LogP) is 12.4. The van der Waals surface area contributed by atoms with E-state index in [-0.39, 0.29) is 42.7 Å². The highest BCUT2D eigenvalue weighted by atomic mass is 16.6. The van der Waals surface area contributed by atoms with Gasteiger partial charge in [0, 0.05) is 19.3 Å². The van der Waals surface area contributed by atoms with Crippen LogP contribution in [0.1, 0.15) is 200 Å². The topological polar surface area (TPSA) is 102 Å². The molecule has 0 saturated carbocycles. The molecule has 0 aromatic carbocycles. The molecule has 0 bridgehead atoms. The van der Waals surface area contributed by atoms with E-state index in [1.165, 1.54) is 77.0 Å². The van der Waals surface area contributed by atoms with Crippen molar-refractivity contribution in [3.05, 3.63) is 60.8 Å². The van der Waals surface area contributed by atoms with Crippen molar-refractivity contribution in [1.82, 2.24) is 0 Å². The molecule has 0 spiro atoms. The summed E-state index contributed by atoms with van der Waals surface area (Å²) in [5.41, 5.74) is 0. The van der Waals surface area contributed by atoms with Crippen molar-refractivity contribution >= 4 is 17.9 Å². The van der Waals surface area contributed by atoms with Crippen LogP contribution in [0.2, 0.25) is 0 Å². The molecule has 2 atom stereocenters. The molecule has 0 rings (SSSR count). The summed E-state index contributed by atoms with van der Waals surface area (Å²) < 4.78 is 17.2. The first-order valence-corrected chi connectivity index (χ1v) is 24.3. The van der Waals surface area contributed by atoms with Gasteiger partial charge in [-0.15, -0.1) is 0 Å². The molecule has 60 heavy (non-hydrogen) atoms. The number of hydrogen-bond donors (Lipinski definition) is 0. The molecule has 0 aromatic heterocycles. The maximum absolute atomic E-state index is 12.8. The number of esters is 2. The Bertz CT molecular complexity index is 1170. The number of carboxylic acid groups (broad SMARTS) is 1. The van der Waals surface area contributed by atoms with Crippen molar-refractivity contribution < 1.29 is 38.2 Å². The molecule has 0 N–H and O–H groups in total. The highest BCUT2D eigenvalue weighted by Crippen LogP contribution is 2.14. The Morgan fingerprint density at radius 3 is 1.40 bits per heavy atom. The van der Waals surface area contributed by atoms with E-state index in [0.29, 0.717) is 12.8 Å². The number of hydrogen-bond acceptors (Lipinski definition) is 7. The van der Waals surface area contributed by atoms with Crippen molar-refractivity contribution in [3.63, 3.8) is 0 Å². The highest BCUT2D eigenvalue weighted by molar-refractivity contribution is 5.70. The van der Waals surface area contributed by atoms with E-state index in [2.05, 4.69) is 74.6 Å². The van der Waals surface area contributed by atoms with Crippen molar-refractivity contribution in [1.29, 1.82) is 0 Å². The van der Waals surface area contributed by atoms with Crippen LogP contribution < -0.4 is 5.11 Å². The third kappa shape index (κ3) is 40.4. The molecule has 346 valence electrons. The fourth-order valence-electron chi connectivity index (χ4n) is 6.88. The number of carbonyl (C=O) groups is 3. The van der Waals surface area contributed by atoms with E-state index < -0.39 is 18.1 Å². The maximum atomic E-state index is 12.8. The van der Waals surface area contributed by atoms with Crippen LogP contribution in [0.4, 0.5) is 0 Å². The van der Waals surface area contributed by atoms with Crippen molar-refractivity contribution in [2.24, 2.45) is 0 Å². The fraction of sp³-hybridized carbons (Fsp3) is 0.750. The predicted molar refractivity (Wildman–Crippen MR) is 249 cm³/mol. The van der Waals surface area contributed by atoms with E-state index in [1.54, 1.807) is 21.1 Å². The number of unbranched alkanes of at least 4 members (excludes halogenated alkanes) is 19. The van der Waals surface area contributed by atoms with Gasteiger partial charge >= 0.3 is 11.9 Å². The zero-order chi connectivity index (χ0) is 44.2. The second kappa shape index (κ2) is 42.7. The van der Waals surface area contributed by atoms with Gasteiger partial charge in [-0.3, -0.25) is 9.59 Å². The number of ether oxygens (including phenoxy) is 3. The second-order valence-electron chi connectivity index (χ2n) is 17.3. The van der Waals surface area contributed by atoms with Gasteiger partial charge in [0.25, 0.3) is 0 Å². The summed E-state index contributed by atoms with van der Waals surface area (Å²) >= 11 is 0. The number of allylic oxidation sites excluding steroid dienone is 10. The van der Waals surface area contributed by atoms with Gasteiger partial charge in [-0.1, -0.05) is 164 Å². The number of aliphatic carboxylic acids is 1. The molecule has 2 unspecified atom stereocenters. The van der Waals surface area contributed by atoms with Gasteiger partial charge in [-0.05, 0) is 77.0 Å². The van der Waals surface area contributed by atoms with E-state index in [9.17, 15) is 19.5 Å². The minimum Gasteiger partial charge on any atom is -0.544 e. The number of nitrogens with zero attached hydrogens (tertiary/aromatic N) is 1. The molecule has 0 saturated heterocycles. The van der Waals surface area contributed by atoms with E-state index in [0.717, 1.165) is 89.9 Å². The van der Waals surface area contributed by atoms with E-state index in [4.69, 9.17) is 14.2 Å².